The van der Waals surface area contributed by atoms with E-state index in [2.05, 4.69) is 42.7 Å². The lowest BCUT2D eigenvalue weighted by Gasteiger charge is -2.33. The molecule has 0 bridgehead atoms. The van der Waals surface area contributed by atoms with E-state index in [-0.39, 0.29) is 0 Å². The molecule has 2 aromatic heterocycles. The van der Waals surface area contributed by atoms with Crippen molar-refractivity contribution in [1.82, 2.24) is 14.9 Å². The third-order valence-corrected chi connectivity index (χ3v) is 4.09. The highest BCUT2D eigenvalue weighted by Gasteiger charge is 2.15. The van der Waals surface area contributed by atoms with Gasteiger partial charge in [-0.1, -0.05) is 12.1 Å². The van der Waals surface area contributed by atoms with Crippen LogP contribution in [0.4, 0.5) is 5.82 Å². The van der Waals surface area contributed by atoms with Gasteiger partial charge in [0.1, 0.15) is 10.4 Å². The highest BCUT2D eigenvalue weighted by atomic mass is 79.9. The number of pyridine rings is 2. The van der Waals surface area contributed by atoms with Gasteiger partial charge < -0.3 is 19.3 Å². The average Bonchev–Trinajstić information content (AvgIpc) is 2.63. The van der Waals surface area contributed by atoms with Crippen LogP contribution in [0.2, 0.25) is 0 Å². The molecule has 0 saturated carbocycles. The lowest BCUT2D eigenvalue weighted by molar-refractivity contribution is 0.311. The Morgan fingerprint density at radius 1 is 0.875 bits per heavy atom. The maximum atomic E-state index is 5.12. The van der Waals surface area contributed by atoms with Crippen molar-refractivity contribution in [3.8, 4) is 11.8 Å². The highest BCUT2D eigenvalue weighted by Crippen LogP contribution is 2.16. The molecule has 1 aliphatic rings. The normalized spacial score (nSPS) is 14.6. The summed E-state index contributed by atoms with van der Waals surface area (Å²) in [4.78, 5) is 13.0. The first-order valence-electron chi connectivity index (χ1n) is 7.73. The van der Waals surface area contributed by atoms with Crippen molar-refractivity contribution in [2.45, 2.75) is 0 Å². The van der Waals surface area contributed by atoms with Crippen LogP contribution >= 0.6 is 15.9 Å². The fraction of sp³-hybridized carbons (Fsp3) is 0.412. The second-order valence-corrected chi connectivity index (χ2v) is 6.14. The number of nitrogens with zero attached hydrogens (tertiary/aromatic N) is 4. The Morgan fingerprint density at radius 3 is 2.00 bits per heavy atom. The first kappa shape index (κ1) is 18.5. The Morgan fingerprint density at radius 2 is 1.46 bits per heavy atom. The zero-order valence-corrected chi connectivity index (χ0v) is 15.9. The monoisotopic (exact) mass is 394 g/mol. The van der Waals surface area contributed by atoms with Crippen LogP contribution in [-0.2, 0) is 0 Å². The molecule has 24 heavy (non-hydrogen) atoms. The molecule has 1 fully saturated rings. The van der Waals surface area contributed by atoms with E-state index in [0.717, 1.165) is 36.6 Å². The van der Waals surface area contributed by atoms with E-state index in [1.54, 1.807) is 20.3 Å². The molecule has 130 valence electrons. The summed E-state index contributed by atoms with van der Waals surface area (Å²) in [6.45, 7) is 4.27. The van der Waals surface area contributed by atoms with Gasteiger partial charge in [0.15, 0.2) is 0 Å². The van der Waals surface area contributed by atoms with Gasteiger partial charge in [0.25, 0.3) is 0 Å². The number of anilines is 1. The number of piperazine rings is 1. The zero-order chi connectivity index (χ0) is 17.4. The number of aromatic nitrogens is 2. The van der Waals surface area contributed by atoms with E-state index in [4.69, 9.17) is 9.47 Å². The quantitative estimate of drug-likeness (QED) is 0.745. The summed E-state index contributed by atoms with van der Waals surface area (Å²) < 4.78 is 10.8. The van der Waals surface area contributed by atoms with Crippen molar-refractivity contribution < 1.29 is 9.47 Å². The fourth-order valence-corrected chi connectivity index (χ4v) is 2.56. The molecular formula is C17H23BrN4O2. The SMILES string of the molecule is COc1cccc(Br)n1.COc1cccc(N2CCN(C)CC2)n1. The summed E-state index contributed by atoms with van der Waals surface area (Å²) in [5, 5.41) is 0. The third-order valence-electron chi connectivity index (χ3n) is 3.64. The minimum absolute atomic E-state index is 0.629. The van der Waals surface area contributed by atoms with Crippen LogP contribution in [-0.4, -0.2) is 62.3 Å². The van der Waals surface area contributed by atoms with Gasteiger partial charge in [-0.05, 0) is 35.1 Å². The Hall–Kier alpha value is -1.86. The lowest BCUT2D eigenvalue weighted by atomic mass is 10.3. The standard InChI is InChI=1S/C11H17N3O.C6H6BrNO/c1-13-6-8-14(9-7-13)10-4-3-5-11(12-10)15-2;1-9-6-4-2-3-5(7)8-6/h3-5H,6-9H2,1-2H3;2-4H,1H3. The average molecular weight is 395 g/mol. The summed E-state index contributed by atoms with van der Waals surface area (Å²) in [6.07, 6.45) is 0. The number of hydrogen-bond donors (Lipinski definition) is 0. The molecule has 0 aromatic carbocycles. The van der Waals surface area contributed by atoms with Crippen molar-refractivity contribution >= 4 is 21.7 Å². The van der Waals surface area contributed by atoms with E-state index in [1.165, 1.54) is 0 Å². The Labute approximate surface area is 151 Å². The molecule has 0 unspecified atom stereocenters. The summed E-state index contributed by atoms with van der Waals surface area (Å²) in [5.41, 5.74) is 0. The van der Waals surface area contributed by atoms with Crippen LogP contribution in [0.5, 0.6) is 11.8 Å². The van der Waals surface area contributed by atoms with Gasteiger partial charge in [0.2, 0.25) is 11.8 Å². The maximum absolute atomic E-state index is 5.12. The van der Waals surface area contributed by atoms with Crippen LogP contribution in [0.3, 0.4) is 0 Å². The maximum Gasteiger partial charge on any atom is 0.214 e. The van der Waals surface area contributed by atoms with Gasteiger partial charge >= 0.3 is 0 Å². The zero-order valence-electron chi connectivity index (χ0n) is 14.3. The number of methoxy groups -OCH3 is 2. The van der Waals surface area contributed by atoms with Crippen molar-refractivity contribution in [3.63, 3.8) is 0 Å². The van der Waals surface area contributed by atoms with Crippen molar-refractivity contribution in [2.75, 3.05) is 52.3 Å². The third kappa shape index (κ3) is 5.65. The van der Waals surface area contributed by atoms with Crippen LogP contribution in [0.25, 0.3) is 0 Å². The summed E-state index contributed by atoms with van der Waals surface area (Å²) in [6, 6.07) is 11.4. The topological polar surface area (TPSA) is 50.7 Å². The molecule has 3 rings (SSSR count). The summed E-state index contributed by atoms with van der Waals surface area (Å²) in [5.74, 6) is 2.33. The van der Waals surface area contributed by atoms with E-state index < -0.39 is 0 Å². The van der Waals surface area contributed by atoms with E-state index in [0.29, 0.717) is 11.8 Å². The number of rotatable bonds is 3. The fourth-order valence-electron chi connectivity index (χ4n) is 2.23. The van der Waals surface area contributed by atoms with Crippen LogP contribution in [0.1, 0.15) is 0 Å². The van der Waals surface area contributed by atoms with Crippen molar-refractivity contribution in [2.24, 2.45) is 0 Å². The Bertz CT molecular complexity index is 633. The first-order chi connectivity index (χ1) is 11.6. The second-order valence-electron chi connectivity index (χ2n) is 5.33. The van der Waals surface area contributed by atoms with Gasteiger partial charge in [0.05, 0.1) is 14.2 Å². The molecule has 7 heteroatoms. The smallest absolute Gasteiger partial charge is 0.214 e. The molecule has 1 aliphatic heterocycles. The van der Waals surface area contributed by atoms with Crippen molar-refractivity contribution in [1.29, 1.82) is 0 Å². The molecule has 3 heterocycles. The number of halogens is 1. The van der Waals surface area contributed by atoms with E-state index in [9.17, 15) is 0 Å². The van der Waals surface area contributed by atoms with Crippen molar-refractivity contribution in [3.05, 3.63) is 41.0 Å². The lowest BCUT2D eigenvalue weighted by Crippen LogP contribution is -2.44. The van der Waals surface area contributed by atoms with Crippen LogP contribution in [0.15, 0.2) is 41.0 Å². The van der Waals surface area contributed by atoms with Gasteiger partial charge in [-0.2, -0.15) is 4.98 Å². The first-order valence-corrected chi connectivity index (χ1v) is 8.52. The molecule has 0 amide bonds. The van der Waals surface area contributed by atoms with E-state index in [1.807, 2.05) is 30.3 Å². The predicted octanol–water partition coefficient (Wildman–Crippen LogP) is 2.69. The minimum atomic E-state index is 0.629. The van der Waals surface area contributed by atoms with Gasteiger partial charge in [-0.25, -0.2) is 4.98 Å². The molecule has 0 N–H and O–H groups in total. The number of likely N-dealkylation sites (N-methyl/N-ethyl adjacent to an activating group) is 1. The molecule has 0 atom stereocenters. The number of hydrogen-bond acceptors (Lipinski definition) is 6. The summed E-state index contributed by atoms with van der Waals surface area (Å²) >= 11 is 3.21. The molecule has 6 nitrogen and oxygen atoms in total. The van der Waals surface area contributed by atoms with Gasteiger partial charge in [-0.3, -0.25) is 0 Å². The molecule has 1 saturated heterocycles. The van der Waals surface area contributed by atoms with E-state index >= 15 is 0 Å². The largest absolute Gasteiger partial charge is 0.481 e. The summed E-state index contributed by atoms with van der Waals surface area (Å²) in [7, 11) is 5.39. The molecule has 0 radical (unpaired) electrons. The van der Waals surface area contributed by atoms with Gasteiger partial charge in [0, 0.05) is 38.3 Å². The Balaban J connectivity index is 0.000000198. The predicted molar refractivity (Wildman–Crippen MR) is 99.0 cm³/mol. The van der Waals surface area contributed by atoms with Crippen LogP contribution in [0, 0.1) is 0 Å². The number of ether oxygens (including phenoxy) is 2. The minimum Gasteiger partial charge on any atom is -0.481 e. The Kier molecular flexibility index (Phi) is 7.27. The molecule has 0 spiro atoms. The second kappa shape index (κ2) is 9.44. The molecular weight excluding hydrogens is 372 g/mol. The highest BCUT2D eigenvalue weighted by molar-refractivity contribution is 9.10. The molecule has 2 aromatic rings. The van der Waals surface area contributed by atoms with Gasteiger partial charge in [-0.15, -0.1) is 0 Å². The molecule has 0 aliphatic carbocycles. The van der Waals surface area contributed by atoms with Crippen LogP contribution < -0.4 is 14.4 Å².